The van der Waals surface area contributed by atoms with E-state index in [0.717, 1.165) is 35.1 Å². The summed E-state index contributed by atoms with van der Waals surface area (Å²) in [6.45, 7) is 6.06. The molecule has 3 rings (SSSR count). The molecule has 1 aliphatic heterocycles. The van der Waals surface area contributed by atoms with Gasteiger partial charge in [0, 0.05) is 31.6 Å². The fourth-order valence-corrected chi connectivity index (χ4v) is 4.93. The lowest BCUT2D eigenvalue weighted by atomic mass is 10.1. The first kappa shape index (κ1) is 18.0. The van der Waals surface area contributed by atoms with Gasteiger partial charge in [-0.15, -0.1) is 0 Å². The third-order valence-corrected chi connectivity index (χ3v) is 6.58. The number of fused-ring (bicyclic) bond motifs is 1. The van der Waals surface area contributed by atoms with Gasteiger partial charge in [-0.25, -0.2) is 0 Å². The number of aromatic nitrogens is 2. The Balaban J connectivity index is 1.92. The predicted molar refractivity (Wildman–Crippen MR) is 102 cm³/mol. The minimum Gasteiger partial charge on any atom is -0.347 e. The van der Waals surface area contributed by atoms with E-state index in [9.17, 15) is 8.42 Å². The normalized spacial score (nSPS) is 15.3. The Kier molecular flexibility index (Phi) is 5.19. The number of aryl methyl sites for hydroxylation is 1. The monoisotopic (exact) mass is 378 g/mol. The van der Waals surface area contributed by atoms with Crippen molar-refractivity contribution < 1.29 is 8.42 Å². The molecule has 1 aromatic carbocycles. The molecule has 1 aliphatic rings. The molecule has 0 fully saturated rings. The third-order valence-electron chi connectivity index (χ3n) is 4.19. The van der Waals surface area contributed by atoms with E-state index in [2.05, 4.69) is 15.0 Å². The van der Waals surface area contributed by atoms with Crippen LogP contribution in [0.4, 0.5) is 0 Å². The molecule has 0 aliphatic carbocycles. The number of aliphatic imine (C=N–C) groups is 1. The van der Waals surface area contributed by atoms with Gasteiger partial charge in [0.1, 0.15) is 0 Å². The molecule has 0 N–H and O–H groups in total. The van der Waals surface area contributed by atoms with Crippen molar-refractivity contribution in [1.29, 1.82) is 0 Å². The summed E-state index contributed by atoms with van der Waals surface area (Å²) in [7, 11) is -3.66. The van der Waals surface area contributed by atoms with Gasteiger partial charge in [-0.2, -0.15) is 17.6 Å². The van der Waals surface area contributed by atoms with Gasteiger partial charge in [0.15, 0.2) is 5.17 Å². The Morgan fingerprint density at radius 3 is 2.68 bits per heavy atom. The number of hydrogen-bond acceptors (Lipinski definition) is 5. The highest BCUT2D eigenvalue weighted by Gasteiger charge is 2.28. The summed E-state index contributed by atoms with van der Waals surface area (Å²) in [5.74, 6) is 0. The molecule has 0 saturated carbocycles. The first-order valence-corrected chi connectivity index (χ1v) is 10.8. The highest BCUT2D eigenvalue weighted by molar-refractivity contribution is 8.13. The van der Waals surface area contributed by atoms with E-state index in [1.807, 2.05) is 20.1 Å². The zero-order chi connectivity index (χ0) is 18.0. The van der Waals surface area contributed by atoms with Crippen LogP contribution in [0.25, 0.3) is 0 Å². The molecule has 2 aromatic rings. The fourth-order valence-electron chi connectivity index (χ4n) is 2.91. The van der Waals surface area contributed by atoms with Crippen LogP contribution in [0.3, 0.4) is 0 Å². The maximum Gasteiger partial charge on any atom is 0.283 e. The molecule has 1 aromatic heterocycles. The third kappa shape index (κ3) is 3.46. The number of thioether (sulfide) groups is 1. The molecule has 25 heavy (non-hydrogen) atoms. The average molecular weight is 379 g/mol. The van der Waals surface area contributed by atoms with Gasteiger partial charge in [-0.3, -0.25) is 4.99 Å². The molecule has 134 valence electrons. The molecule has 2 heterocycles. The standard InChI is InChI=1S/C17H22N4O2S2/c1-4-18-17(24-3)20-10-9-16-14(12-20)11-19-21(16)25(22,23)15-7-5-13(2)6-8-15/h5-8,11H,4,9-10,12H2,1-3H3. The lowest BCUT2D eigenvalue weighted by molar-refractivity contribution is 0.396. The van der Waals surface area contributed by atoms with Crippen molar-refractivity contribution in [2.75, 3.05) is 19.3 Å². The van der Waals surface area contributed by atoms with Gasteiger partial charge in [-0.1, -0.05) is 29.5 Å². The quantitative estimate of drug-likeness (QED) is 0.606. The second-order valence-electron chi connectivity index (χ2n) is 5.91. The summed E-state index contributed by atoms with van der Waals surface area (Å²) in [5.41, 5.74) is 2.74. The summed E-state index contributed by atoms with van der Waals surface area (Å²) in [6, 6.07) is 6.87. The van der Waals surface area contributed by atoms with Gasteiger partial charge >= 0.3 is 0 Å². The first-order chi connectivity index (χ1) is 12.0. The molecule has 0 saturated heterocycles. The van der Waals surface area contributed by atoms with Crippen LogP contribution in [0, 0.1) is 6.92 Å². The SMILES string of the molecule is CCN=C(SC)N1CCc2c(cnn2S(=O)(=O)c2ccc(C)cc2)C1. The Bertz CT molecular complexity index is 886. The van der Waals surface area contributed by atoms with Crippen LogP contribution >= 0.6 is 11.8 Å². The second kappa shape index (κ2) is 7.21. The van der Waals surface area contributed by atoms with Gasteiger partial charge in [0.25, 0.3) is 10.0 Å². The van der Waals surface area contributed by atoms with Crippen molar-refractivity contribution in [3.05, 3.63) is 47.3 Å². The molecule has 0 bridgehead atoms. The van der Waals surface area contributed by atoms with Gasteiger partial charge in [0.2, 0.25) is 0 Å². The number of rotatable bonds is 3. The van der Waals surface area contributed by atoms with Crippen LogP contribution in [0.5, 0.6) is 0 Å². The van der Waals surface area contributed by atoms with Crippen molar-refractivity contribution in [2.45, 2.75) is 31.7 Å². The van der Waals surface area contributed by atoms with Crippen LogP contribution in [0.15, 0.2) is 40.4 Å². The first-order valence-electron chi connectivity index (χ1n) is 8.18. The Morgan fingerprint density at radius 2 is 2.04 bits per heavy atom. The zero-order valence-electron chi connectivity index (χ0n) is 14.6. The maximum atomic E-state index is 12.9. The lowest BCUT2D eigenvalue weighted by Gasteiger charge is -2.29. The predicted octanol–water partition coefficient (Wildman–Crippen LogP) is 2.53. The molecule has 8 heteroatoms. The van der Waals surface area contributed by atoms with Gasteiger partial charge in [0.05, 0.1) is 16.8 Å². The highest BCUT2D eigenvalue weighted by atomic mass is 32.2. The second-order valence-corrected chi connectivity index (χ2v) is 8.45. The number of hydrogen-bond donors (Lipinski definition) is 0. The topological polar surface area (TPSA) is 67.6 Å². The zero-order valence-corrected chi connectivity index (χ0v) is 16.3. The smallest absolute Gasteiger partial charge is 0.283 e. The molecule has 0 amide bonds. The van der Waals surface area contributed by atoms with Crippen molar-refractivity contribution in [3.63, 3.8) is 0 Å². The van der Waals surface area contributed by atoms with Crippen molar-refractivity contribution in [2.24, 2.45) is 4.99 Å². The molecule has 0 spiro atoms. The van der Waals surface area contributed by atoms with E-state index >= 15 is 0 Å². The van der Waals surface area contributed by atoms with Crippen LogP contribution in [-0.2, 0) is 23.0 Å². The van der Waals surface area contributed by atoms with Gasteiger partial charge < -0.3 is 4.90 Å². The van der Waals surface area contributed by atoms with Crippen LogP contribution in [0.2, 0.25) is 0 Å². The van der Waals surface area contributed by atoms with Gasteiger partial charge in [-0.05, 0) is 32.2 Å². The number of nitrogens with zero attached hydrogens (tertiary/aromatic N) is 4. The summed E-state index contributed by atoms with van der Waals surface area (Å²) in [5, 5.41) is 5.18. The molecule has 0 unspecified atom stereocenters. The minimum absolute atomic E-state index is 0.267. The largest absolute Gasteiger partial charge is 0.347 e. The summed E-state index contributed by atoms with van der Waals surface area (Å²) < 4.78 is 27.0. The number of amidine groups is 1. The van der Waals surface area contributed by atoms with Crippen LogP contribution < -0.4 is 0 Å². The molecule has 6 nitrogen and oxygen atoms in total. The van der Waals surface area contributed by atoms with E-state index in [-0.39, 0.29) is 4.90 Å². The highest BCUT2D eigenvalue weighted by Crippen LogP contribution is 2.24. The summed E-state index contributed by atoms with van der Waals surface area (Å²) in [4.78, 5) is 6.96. The van der Waals surface area contributed by atoms with Crippen molar-refractivity contribution in [3.8, 4) is 0 Å². The molecular formula is C17H22N4O2S2. The van der Waals surface area contributed by atoms with Crippen LogP contribution in [0.1, 0.15) is 23.7 Å². The molecule has 0 radical (unpaired) electrons. The van der Waals surface area contributed by atoms with Crippen molar-refractivity contribution >= 4 is 27.0 Å². The Labute approximate surface area is 153 Å². The summed E-state index contributed by atoms with van der Waals surface area (Å²) in [6.07, 6.45) is 4.30. The van der Waals surface area contributed by atoms with Crippen LogP contribution in [-0.4, -0.2) is 47.0 Å². The molecular weight excluding hydrogens is 356 g/mol. The Hall–Kier alpha value is -1.80. The molecule has 0 atom stereocenters. The number of benzene rings is 1. The van der Waals surface area contributed by atoms with E-state index in [1.54, 1.807) is 42.2 Å². The summed E-state index contributed by atoms with van der Waals surface area (Å²) >= 11 is 1.62. The van der Waals surface area contributed by atoms with Crippen molar-refractivity contribution in [1.82, 2.24) is 14.1 Å². The average Bonchev–Trinajstić information content (AvgIpc) is 3.04. The van der Waals surface area contributed by atoms with E-state index in [0.29, 0.717) is 13.0 Å². The van der Waals surface area contributed by atoms with E-state index in [4.69, 9.17) is 0 Å². The minimum atomic E-state index is -3.66. The van der Waals surface area contributed by atoms with E-state index in [1.165, 1.54) is 4.09 Å². The fraction of sp³-hybridized carbons (Fsp3) is 0.412. The van der Waals surface area contributed by atoms with E-state index < -0.39 is 10.0 Å². The maximum absolute atomic E-state index is 12.9. The Morgan fingerprint density at radius 1 is 1.32 bits per heavy atom. The lowest BCUT2D eigenvalue weighted by Crippen LogP contribution is -2.35.